The maximum absolute atomic E-state index is 11.3. The summed E-state index contributed by atoms with van der Waals surface area (Å²) in [4.78, 5) is 11.3. The van der Waals surface area contributed by atoms with Gasteiger partial charge in [-0.3, -0.25) is 0 Å². The fourth-order valence-corrected chi connectivity index (χ4v) is 2.37. The van der Waals surface area contributed by atoms with Crippen molar-refractivity contribution in [2.45, 2.75) is 13.5 Å². The average Bonchev–Trinajstić information content (AvgIpc) is 2.63. The van der Waals surface area contributed by atoms with E-state index in [0.717, 1.165) is 16.9 Å². The molecule has 0 atom stereocenters. The van der Waals surface area contributed by atoms with Crippen molar-refractivity contribution in [3.05, 3.63) is 89.5 Å². The Hall–Kier alpha value is -3.27. The second-order valence-corrected chi connectivity index (χ2v) is 5.65. The molecule has 0 aliphatic carbocycles. The summed E-state index contributed by atoms with van der Waals surface area (Å²) < 4.78 is 11.4. The molecule has 0 amide bonds. The van der Waals surface area contributed by atoms with E-state index in [1.165, 1.54) is 0 Å². The van der Waals surface area contributed by atoms with Crippen LogP contribution in [0.15, 0.2) is 72.8 Å². The Morgan fingerprint density at radius 2 is 1.60 bits per heavy atom. The Kier molecular flexibility index (Phi) is 5.00. The quantitative estimate of drug-likeness (QED) is 0.684. The predicted molar refractivity (Wildman–Crippen MR) is 95.4 cm³/mol. The zero-order valence-electron chi connectivity index (χ0n) is 13.8. The molecule has 1 N–H and O–H groups in total. The van der Waals surface area contributed by atoms with Gasteiger partial charge in [0, 0.05) is 0 Å². The molecule has 3 rings (SSSR count). The third-order valence-electron chi connectivity index (χ3n) is 3.67. The Morgan fingerprint density at radius 1 is 0.920 bits per heavy atom. The highest BCUT2D eigenvalue weighted by atomic mass is 16.5. The monoisotopic (exact) mass is 334 g/mol. The molecule has 126 valence electrons. The topological polar surface area (TPSA) is 55.8 Å². The van der Waals surface area contributed by atoms with Crippen molar-refractivity contribution in [2.75, 3.05) is 0 Å². The second kappa shape index (κ2) is 7.53. The van der Waals surface area contributed by atoms with Crippen LogP contribution in [-0.2, 0) is 6.61 Å². The molecule has 0 unspecified atom stereocenters. The van der Waals surface area contributed by atoms with E-state index in [1.54, 1.807) is 36.4 Å². The smallest absolute Gasteiger partial charge is 0.339 e. The summed E-state index contributed by atoms with van der Waals surface area (Å²) in [5, 5.41) is 9.29. The minimum absolute atomic E-state index is 0.143. The van der Waals surface area contributed by atoms with Crippen molar-refractivity contribution in [1.82, 2.24) is 0 Å². The van der Waals surface area contributed by atoms with Crippen LogP contribution in [0.3, 0.4) is 0 Å². The van der Waals surface area contributed by atoms with Gasteiger partial charge >= 0.3 is 5.97 Å². The fourth-order valence-electron chi connectivity index (χ4n) is 2.37. The highest BCUT2D eigenvalue weighted by molar-refractivity contribution is 5.91. The van der Waals surface area contributed by atoms with E-state index < -0.39 is 5.97 Å². The number of aryl methyl sites for hydroxylation is 1. The van der Waals surface area contributed by atoms with Crippen LogP contribution in [0.25, 0.3) is 0 Å². The van der Waals surface area contributed by atoms with Gasteiger partial charge in [-0.2, -0.15) is 0 Å². The average molecular weight is 334 g/mol. The van der Waals surface area contributed by atoms with E-state index in [-0.39, 0.29) is 5.56 Å². The molecular weight excluding hydrogens is 316 g/mol. The molecule has 25 heavy (non-hydrogen) atoms. The van der Waals surface area contributed by atoms with Gasteiger partial charge in [0.1, 0.15) is 29.4 Å². The molecule has 3 aromatic rings. The minimum atomic E-state index is -1.01. The van der Waals surface area contributed by atoms with Crippen LogP contribution in [-0.4, -0.2) is 11.1 Å². The Morgan fingerprint density at radius 3 is 2.28 bits per heavy atom. The molecule has 0 fully saturated rings. The number of aromatic carboxylic acids is 1. The van der Waals surface area contributed by atoms with Crippen LogP contribution in [0, 0.1) is 6.92 Å². The molecule has 4 nitrogen and oxygen atoms in total. The van der Waals surface area contributed by atoms with Crippen LogP contribution in [0.5, 0.6) is 17.2 Å². The predicted octanol–water partition coefficient (Wildman–Crippen LogP) is 5.06. The van der Waals surface area contributed by atoms with Gasteiger partial charge < -0.3 is 14.6 Å². The van der Waals surface area contributed by atoms with Gasteiger partial charge in [-0.25, -0.2) is 4.79 Å². The van der Waals surface area contributed by atoms with Crippen LogP contribution < -0.4 is 9.47 Å². The normalized spacial score (nSPS) is 10.3. The maximum atomic E-state index is 11.3. The first-order valence-electron chi connectivity index (χ1n) is 7.90. The first-order valence-corrected chi connectivity index (χ1v) is 7.90. The van der Waals surface area contributed by atoms with Gasteiger partial charge in [-0.1, -0.05) is 42.0 Å². The van der Waals surface area contributed by atoms with E-state index >= 15 is 0 Å². The highest BCUT2D eigenvalue weighted by Gasteiger charge is 2.12. The highest BCUT2D eigenvalue weighted by Crippen LogP contribution is 2.28. The summed E-state index contributed by atoms with van der Waals surface area (Å²) in [5.41, 5.74) is 2.10. The van der Waals surface area contributed by atoms with Gasteiger partial charge in [0.25, 0.3) is 0 Å². The van der Waals surface area contributed by atoms with Crippen LogP contribution in [0.1, 0.15) is 21.5 Å². The number of hydrogen-bond donors (Lipinski definition) is 1. The zero-order chi connectivity index (χ0) is 17.6. The fraction of sp³-hybridized carbons (Fsp3) is 0.0952. The number of carboxylic acids is 1. The Balaban J connectivity index is 1.68. The molecule has 0 saturated carbocycles. The SMILES string of the molecule is Cc1ccc(Oc2ccc(OCc3ccccc3)cc2)c(C(=O)O)c1. The Labute approximate surface area is 146 Å². The van der Waals surface area contributed by atoms with Crippen LogP contribution in [0.4, 0.5) is 0 Å². The lowest BCUT2D eigenvalue weighted by Gasteiger charge is -2.11. The van der Waals surface area contributed by atoms with Crippen LogP contribution in [0.2, 0.25) is 0 Å². The molecule has 0 aliphatic heterocycles. The van der Waals surface area contributed by atoms with E-state index in [9.17, 15) is 9.90 Å². The summed E-state index contributed by atoms with van der Waals surface area (Å²) in [6.07, 6.45) is 0. The largest absolute Gasteiger partial charge is 0.489 e. The zero-order valence-corrected chi connectivity index (χ0v) is 13.8. The molecule has 4 heteroatoms. The minimum Gasteiger partial charge on any atom is -0.489 e. The third kappa shape index (κ3) is 4.38. The third-order valence-corrected chi connectivity index (χ3v) is 3.67. The number of ether oxygens (including phenoxy) is 2. The van der Waals surface area contributed by atoms with Gasteiger partial charge in [0.2, 0.25) is 0 Å². The summed E-state index contributed by atoms with van der Waals surface area (Å²) in [5.74, 6) is 0.578. The first kappa shape index (κ1) is 16.6. The number of benzene rings is 3. The summed E-state index contributed by atoms with van der Waals surface area (Å²) >= 11 is 0. The first-order chi connectivity index (χ1) is 12.1. The number of hydrogen-bond acceptors (Lipinski definition) is 3. The van der Waals surface area contributed by atoms with Crippen molar-refractivity contribution in [1.29, 1.82) is 0 Å². The standard InChI is InChI=1S/C21H18O4/c1-15-7-12-20(19(13-15)21(22)23)25-18-10-8-17(9-11-18)24-14-16-5-3-2-4-6-16/h2-13H,14H2,1H3,(H,22,23). The lowest BCUT2D eigenvalue weighted by molar-refractivity contribution is 0.0694. The molecule has 0 heterocycles. The molecule has 0 bridgehead atoms. The Bertz CT molecular complexity index is 855. The molecule has 0 aromatic heterocycles. The van der Waals surface area contributed by atoms with Crippen molar-refractivity contribution in [3.63, 3.8) is 0 Å². The summed E-state index contributed by atoms with van der Waals surface area (Å²) in [7, 11) is 0. The van der Waals surface area contributed by atoms with E-state index in [0.29, 0.717) is 18.1 Å². The number of carboxylic acid groups (broad SMARTS) is 1. The van der Waals surface area contributed by atoms with Gasteiger partial charge in [-0.05, 0) is 48.9 Å². The molecule has 3 aromatic carbocycles. The molecule has 0 spiro atoms. The van der Waals surface area contributed by atoms with Crippen molar-refractivity contribution >= 4 is 5.97 Å². The lowest BCUT2D eigenvalue weighted by atomic mass is 10.1. The molecule has 0 radical (unpaired) electrons. The van der Waals surface area contributed by atoms with Crippen molar-refractivity contribution in [2.24, 2.45) is 0 Å². The number of carbonyl (C=O) groups is 1. The van der Waals surface area contributed by atoms with Crippen molar-refractivity contribution in [3.8, 4) is 17.2 Å². The maximum Gasteiger partial charge on any atom is 0.339 e. The van der Waals surface area contributed by atoms with E-state index in [2.05, 4.69) is 0 Å². The summed E-state index contributed by atoms with van der Waals surface area (Å²) in [6, 6.07) is 22.1. The molecule has 0 aliphatic rings. The summed E-state index contributed by atoms with van der Waals surface area (Å²) in [6.45, 7) is 2.33. The second-order valence-electron chi connectivity index (χ2n) is 5.65. The van der Waals surface area contributed by atoms with Gasteiger partial charge in [-0.15, -0.1) is 0 Å². The number of rotatable bonds is 6. The van der Waals surface area contributed by atoms with Gasteiger partial charge in [0.05, 0.1) is 0 Å². The van der Waals surface area contributed by atoms with E-state index in [1.807, 2.05) is 43.3 Å². The molecule has 0 saturated heterocycles. The van der Waals surface area contributed by atoms with E-state index in [4.69, 9.17) is 9.47 Å². The molecular formula is C21H18O4. The van der Waals surface area contributed by atoms with Crippen molar-refractivity contribution < 1.29 is 19.4 Å². The lowest BCUT2D eigenvalue weighted by Crippen LogP contribution is -2.00. The van der Waals surface area contributed by atoms with Crippen LogP contribution >= 0.6 is 0 Å². The van der Waals surface area contributed by atoms with Gasteiger partial charge in [0.15, 0.2) is 0 Å².